The summed E-state index contributed by atoms with van der Waals surface area (Å²) >= 11 is 0. The summed E-state index contributed by atoms with van der Waals surface area (Å²) in [5.41, 5.74) is 8.47. The van der Waals surface area contributed by atoms with Gasteiger partial charge in [-0.3, -0.25) is 0 Å². The molecular formula is C14H20N2O2S. The van der Waals surface area contributed by atoms with E-state index in [2.05, 4.69) is 10.6 Å². The predicted octanol–water partition coefficient (Wildman–Crippen LogP) is 1.88. The van der Waals surface area contributed by atoms with Crippen LogP contribution in [0.4, 0.5) is 5.69 Å². The molecule has 0 spiro atoms. The van der Waals surface area contributed by atoms with E-state index >= 15 is 0 Å². The first-order valence-electron chi connectivity index (χ1n) is 6.02. The van der Waals surface area contributed by atoms with E-state index in [4.69, 9.17) is 12.2 Å². The third-order valence-electron chi connectivity index (χ3n) is 3.13. The standard InChI is InChI=1S/C14H20N2O2S/c1-6-7-10(3)16-19(17,18)14-11(4)9(2)8-13(15)12(14)5/h1,8,10,16H,7,15H2,2-5H3. The second kappa shape index (κ2) is 5.64. The second-order valence-corrected chi connectivity index (χ2v) is 6.44. The number of terminal acetylenes is 1. The Morgan fingerprint density at radius 2 is 1.95 bits per heavy atom. The van der Waals surface area contributed by atoms with E-state index < -0.39 is 10.0 Å². The number of benzene rings is 1. The quantitative estimate of drug-likeness (QED) is 0.653. The maximum Gasteiger partial charge on any atom is 0.241 e. The van der Waals surface area contributed by atoms with Crippen molar-refractivity contribution in [1.82, 2.24) is 4.72 Å². The molecule has 0 aliphatic heterocycles. The van der Waals surface area contributed by atoms with Crippen LogP contribution in [0.5, 0.6) is 0 Å². The number of hydrogen-bond donors (Lipinski definition) is 2. The summed E-state index contributed by atoms with van der Waals surface area (Å²) in [7, 11) is -3.61. The largest absolute Gasteiger partial charge is 0.398 e. The zero-order valence-electron chi connectivity index (χ0n) is 11.7. The van der Waals surface area contributed by atoms with Crippen LogP contribution in [-0.2, 0) is 10.0 Å². The summed E-state index contributed by atoms with van der Waals surface area (Å²) in [6.07, 6.45) is 5.54. The van der Waals surface area contributed by atoms with E-state index in [1.807, 2.05) is 6.92 Å². The highest BCUT2D eigenvalue weighted by Gasteiger charge is 2.23. The topological polar surface area (TPSA) is 72.2 Å². The van der Waals surface area contributed by atoms with Crippen LogP contribution in [0.15, 0.2) is 11.0 Å². The minimum atomic E-state index is -3.61. The van der Waals surface area contributed by atoms with Crippen molar-refractivity contribution < 1.29 is 8.42 Å². The fourth-order valence-electron chi connectivity index (χ4n) is 1.99. The summed E-state index contributed by atoms with van der Waals surface area (Å²) < 4.78 is 27.4. The molecule has 1 atom stereocenters. The van der Waals surface area contributed by atoms with Crippen molar-refractivity contribution in [2.45, 2.75) is 45.1 Å². The highest BCUT2D eigenvalue weighted by Crippen LogP contribution is 2.27. The molecule has 1 aromatic carbocycles. The van der Waals surface area contributed by atoms with E-state index in [9.17, 15) is 8.42 Å². The molecule has 1 unspecified atom stereocenters. The van der Waals surface area contributed by atoms with Crippen LogP contribution in [0.25, 0.3) is 0 Å². The molecule has 0 saturated heterocycles. The smallest absolute Gasteiger partial charge is 0.241 e. The maximum absolute atomic E-state index is 12.4. The fraction of sp³-hybridized carbons (Fsp3) is 0.429. The van der Waals surface area contributed by atoms with Gasteiger partial charge in [0.2, 0.25) is 10.0 Å². The monoisotopic (exact) mass is 280 g/mol. The van der Waals surface area contributed by atoms with Crippen molar-refractivity contribution in [1.29, 1.82) is 0 Å². The molecule has 4 nitrogen and oxygen atoms in total. The summed E-state index contributed by atoms with van der Waals surface area (Å²) in [5, 5.41) is 0. The molecule has 0 aliphatic carbocycles. The lowest BCUT2D eigenvalue weighted by Gasteiger charge is -2.18. The van der Waals surface area contributed by atoms with E-state index in [0.29, 0.717) is 23.2 Å². The first-order chi connectivity index (χ1) is 8.70. The Labute approximate surface area is 115 Å². The molecule has 0 heterocycles. The van der Waals surface area contributed by atoms with E-state index in [0.717, 1.165) is 5.56 Å². The van der Waals surface area contributed by atoms with Crippen LogP contribution in [0.1, 0.15) is 30.0 Å². The third kappa shape index (κ3) is 3.28. The molecule has 19 heavy (non-hydrogen) atoms. The van der Waals surface area contributed by atoms with Crippen LogP contribution >= 0.6 is 0 Å². The summed E-state index contributed by atoms with van der Waals surface area (Å²) in [5.74, 6) is 2.44. The predicted molar refractivity (Wildman–Crippen MR) is 78.3 cm³/mol. The van der Waals surface area contributed by atoms with Gasteiger partial charge in [0.15, 0.2) is 0 Å². The number of sulfonamides is 1. The molecule has 0 amide bonds. The Kier molecular flexibility index (Phi) is 4.61. The zero-order chi connectivity index (χ0) is 14.8. The van der Waals surface area contributed by atoms with Crippen molar-refractivity contribution in [3.8, 4) is 12.3 Å². The van der Waals surface area contributed by atoms with Crippen LogP contribution < -0.4 is 10.5 Å². The number of nitrogens with one attached hydrogen (secondary N) is 1. The molecule has 3 N–H and O–H groups in total. The van der Waals surface area contributed by atoms with Gasteiger partial charge in [-0.05, 0) is 50.5 Å². The van der Waals surface area contributed by atoms with Gasteiger partial charge in [0, 0.05) is 18.2 Å². The Bertz CT molecular complexity index is 602. The summed E-state index contributed by atoms with van der Waals surface area (Å²) in [6.45, 7) is 7.07. The molecule has 0 aromatic heterocycles. The molecule has 1 rings (SSSR count). The van der Waals surface area contributed by atoms with Crippen LogP contribution in [0.3, 0.4) is 0 Å². The molecule has 5 heteroatoms. The van der Waals surface area contributed by atoms with Gasteiger partial charge in [-0.15, -0.1) is 12.3 Å². The van der Waals surface area contributed by atoms with Gasteiger partial charge in [0.05, 0.1) is 4.90 Å². The van der Waals surface area contributed by atoms with Gasteiger partial charge < -0.3 is 5.73 Å². The lowest BCUT2D eigenvalue weighted by Crippen LogP contribution is -2.33. The minimum absolute atomic E-state index is 0.258. The molecule has 104 valence electrons. The van der Waals surface area contributed by atoms with Crippen LogP contribution in [0.2, 0.25) is 0 Å². The summed E-state index contributed by atoms with van der Waals surface area (Å²) in [6, 6.07) is 1.48. The van der Waals surface area contributed by atoms with Crippen molar-refractivity contribution in [2.24, 2.45) is 0 Å². The van der Waals surface area contributed by atoms with Crippen molar-refractivity contribution in [3.05, 3.63) is 22.8 Å². The van der Waals surface area contributed by atoms with Gasteiger partial charge in [0.25, 0.3) is 0 Å². The number of nitrogen functional groups attached to an aromatic ring is 1. The Balaban J connectivity index is 3.34. The van der Waals surface area contributed by atoms with Crippen LogP contribution in [0, 0.1) is 33.1 Å². The lowest BCUT2D eigenvalue weighted by molar-refractivity contribution is 0.562. The fourth-order valence-corrected chi connectivity index (χ4v) is 3.80. The number of aryl methyl sites for hydroxylation is 1. The maximum atomic E-state index is 12.4. The van der Waals surface area contributed by atoms with E-state index in [-0.39, 0.29) is 10.9 Å². The summed E-state index contributed by atoms with van der Waals surface area (Å²) in [4.78, 5) is 0.258. The highest BCUT2D eigenvalue weighted by atomic mass is 32.2. The van der Waals surface area contributed by atoms with Crippen molar-refractivity contribution >= 4 is 15.7 Å². The minimum Gasteiger partial charge on any atom is -0.398 e. The van der Waals surface area contributed by atoms with E-state index in [1.54, 1.807) is 26.8 Å². The zero-order valence-corrected chi connectivity index (χ0v) is 12.6. The second-order valence-electron chi connectivity index (χ2n) is 4.79. The van der Waals surface area contributed by atoms with E-state index in [1.165, 1.54) is 0 Å². The third-order valence-corrected chi connectivity index (χ3v) is 4.99. The Hall–Kier alpha value is -1.51. The Morgan fingerprint density at radius 3 is 2.47 bits per heavy atom. The normalized spacial score (nSPS) is 13.0. The average Bonchev–Trinajstić information content (AvgIpc) is 2.25. The molecule has 0 saturated carbocycles. The molecular weight excluding hydrogens is 260 g/mol. The first kappa shape index (κ1) is 15.5. The molecule has 0 aliphatic rings. The number of rotatable bonds is 4. The van der Waals surface area contributed by atoms with Gasteiger partial charge in [-0.2, -0.15) is 0 Å². The number of nitrogens with two attached hydrogens (primary N) is 1. The average molecular weight is 280 g/mol. The van der Waals surface area contributed by atoms with Gasteiger partial charge in [0.1, 0.15) is 0 Å². The van der Waals surface area contributed by atoms with Gasteiger partial charge in [-0.1, -0.05) is 0 Å². The molecule has 0 bridgehead atoms. The Morgan fingerprint density at radius 1 is 1.37 bits per heavy atom. The molecule has 0 radical (unpaired) electrons. The lowest BCUT2D eigenvalue weighted by atomic mass is 10.1. The number of hydrogen-bond acceptors (Lipinski definition) is 3. The van der Waals surface area contributed by atoms with Crippen molar-refractivity contribution in [3.63, 3.8) is 0 Å². The highest BCUT2D eigenvalue weighted by molar-refractivity contribution is 7.89. The first-order valence-corrected chi connectivity index (χ1v) is 7.51. The molecule has 1 aromatic rings. The van der Waals surface area contributed by atoms with Crippen LogP contribution in [-0.4, -0.2) is 14.5 Å². The number of anilines is 1. The van der Waals surface area contributed by atoms with Crippen molar-refractivity contribution in [2.75, 3.05) is 5.73 Å². The van der Waals surface area contributed by atoms with Gasteiger partial charge >= 0.3 is 0 Å². The molecule has 0 fully saturated rings. The SMILES string of the molecule is C#CCC(C)NS(=O)(=O)c1c(C)c(C)cc(N)c1C. The van der Waals surface area contributed by atoms with Gasteiger partial charge in [-0.25, -0.2) is 13.1 Å².